The van der Waals surface area contributed by atoms with Crippen LogP contribution in [-0.4, -0.2) is 24.0 Å². The van der Waals surface area contributed by atoms with Crippen molar-refractivity contribution in [2.24, 2.45) is 7.05 Å². The molecule has 1 aromatic carbocycles. The van der Waals surface area contributed by atoms with Crippen LogP contribution in [0.15, 0.2) is 18.2 Å². The monoisotopic (exact) mass is 289 g/mol. The summed E-state index contributed by atoms with van der Waals surface area (Å²) in [5.74, 6) is 1.60. The molecule has 0 amide bonds. The SMILES string of the molecule is COc1ccc(C(C)Nc2c(C)nn(C)c2C)c(OC)c1. The largest absolute Gasteiger partial charge is 0.497 e. The third-order valence-electron chi connectivity index (χ3n) is 3.78. The first-order valence-electron chi connectivity index (χ1n) is 6.96. The molecular formula is C16H23N3O2. The number of hydrogen-bond acceptors (Lipinski definition) is 4. The predicted octanol–water partition coefficient (Wildman–Crippen LogP) is 3.23. The molecule has 1 unspecified atom stereocenters. The lowest BCUT2D eigenvalue weighted by Crippen LogP contribution is -2.09. The van der Waals surface area contributed by atoms with Crippen molar-refractivity contribution in [3.63, 3.8) is 0 Å². The average molecular weight is 289 g/mol. The lowest BCUT2D eigenvalue weighted by molar-refractivity contribution is 0.390. The summed E-state index contributed by atoms with van der Waals surface area (Å²) in [6, 6.07) is 5.97. The summed E-state index contributed by atoms with van der Waals surface area (Å²) in [6.45, 7) is 6.17. The van der Waals surface area contributed by atoms with Crippen molar-refractivity contribution < 1.29 is 9.47 Å². The van der Waals surface area contributed by atoms with Gasteiger partial charge in [0.15, 0.2) is 0 Å². The molecule has 114 valence electrons. The molecule has 0 aliphatic carbocycles. The highest BCUT2D eigenvalue weighted by atomic mass is 16.5. The van der Waals surface area contributed by atoms with Crippen LogP contribution in [-0.2, 0) is 7.05 Å². The Morgan fingerprint density at radius 3 is 2.43 bits per heavy atom. The number of anilines is 1. The molecule has 0 saturated carbocycles. The summed E-state index contributed by atoms with van der Waals surface area (Å²) in [4.78, 5) is 0. The molecule has 0 aliphatic rings. The normalized spacial score (nSPS) is 12.1. The van der Waals surface area contributed by atoms with Gasteiger partial charge in [-0.25, -0.2) is 0 Å². The first kappa shape index (κ1) is 15.2. The third-order valence-corrected chi connectivity index (χ3v) is 3.78. The highest BCUT2D eigenvalue weighted by molar-refractivity contribution is 5.55. The molecule has 21 heavy (non-hydrogen) atoms. The van der Waals surface area contributed by atoms with Crippen molar-refractivity contribution >= 4 is 5.69 Å². The maximum absolute atomic E-state index is 5.47. The molecule has 2 aromatic rings. The van der Waals surface area contributed by atoms with Gasteiger partial charge in [0.25, 0.3) is 0 Å². The molecule has 0 spiro atoms. The number of hydrogen-bond donors (Lipinski definition) is 1. The molecular weight excluding hydrogens is 266 g/mol. The molecule has 1 N–H and O–H groups in total. The highest BCUT2D eigenvalue weighted by Crippen LogP contribution is 2.32. The molecule has 0 fully saturated rings. The summed E-state index contributed by atoms with van der Waals surface area (Å²) < 4.78 is 12.6. The van der Waals surface area contributed by atoms with Crippen molar-refractivity contribution in [1.29, 1.82) is 0 Å². The summed E-state index contributed by atoms with van der Waals surface area (Å²) in [7, 11) is 5.27. The second-order valence-corrected chi connectivity index (χ2v) is 5.14. The minimum atomic E-state index is 0.104. The van der Waals surface area contributed by atoms with E-state index in [1.807, 2.05) is 36.9 Å². The lowest BCUT2D eigenvalue weighted by Gasteiger charge is -2.19. The Balaban J connectivity index is 2.30. The van der Waals surface area contributed by atoms with Gasteiger partial charge in [-0.1, -0.05) is 0 Å². The Bertz CT molecular complexity index is 635. The van der Waals surface area contributed by atoms with Crippen LogP contribution in [0, 0.1) is 13.8 Å². The quantitative estimate of drug-likeness (QED) is 0.918. The van der Waals surface area contributed by atoms with E-state index >= 15 is 0 Å². The fourth-order valence-electron chi connectivity index (χ4n) is 2.45. The molecule has 1 aromatic heterocycles. The van der Waals surface area contributed by atoms with E-state index < -0.39 is 0 Å². The first-order chi connectivity index (χ1) is 9.97. The average Bonchev–Trinajstić information content (AvgIpc) is 2.72. The van der Waals surface area contributed by atoms with Crippen LogP contribution in [0.3, 0.4) is 0 Å². The van der Waals surface area contributed by atoms with Crippen LogP contribution in [0.1, 0.15) is 29.9 Å². The number of benzene rings is 1. The second kappa shape index (κ2) is 6.08. The van der Waals surface area contributed by atoms with E-state index in [2.05, 4.69) is 24.3 Å². The topological polar surface area (TPSA) is 48.3 Å². The van der Waals surface area contributed by atoms with Crippen molar-refractivity contribution in [2.45, 2.75) is 26.8 Å². The van der Waals surface area contributed by atoms with Gasteiger partial charge >= 0.3 is 0 Å². The van der Waals surface area contributed by atoms with Crippen molar-refractivity contribution in [2.75, 3.05) is 19.5 Å². The molecule has 0 bridgehead atoms. The molecule has 2 rings (SSSR count). The Morgan fingerprint density at radius 1 is 1.19 bits per heavy atom. The third kappa shape index (κ3) is 2.96. The fourth-order valence-corrected chi connectivity index (χ4v) is 2.45. The number of rotatable bonds is 5. The molecule has 1 heterocycles. The van der Waals surface area contributed by atoms with Gasteiger partial charge in [0.2, 0.25) is 0 Å². The molecule has 0 saturated heterocycles. The van der Waals surface area contributed by atoms with Gasteiger partial charge in [0.05, 0.1) is 37.3 Å². The van der Waals surface area contributed by atoms with Gasteiger partial charge in [-0.2, -0.15) is 5.10 Å². The molecule has 0 aliphatic heterocycles. The standard InChI is InChI=1S/C16H23N3O2/c1-10(17-16-11(2)18-19(4)12(16)3)14-8-7-13(20-5)9-15(14)21-6/h7-10,17H,1-6H3. The fraction of sp³-hybridized carbons (Fsp3) is 0.438. The second-order valence-electron chi connectivity index (χ2n) is 5.14. The van der Waals surface area contributed by atoms with Crippen LogP contribution >= 0.6 is 0 Å². The smallest absolute Gasteiger partial charge is 0.127 e. The van der Waals surface area contributed by atoms with E-state index in [0.29, 0.717) is 0 Å². The maximum Gasteiger partial charge on any atom is 0.127 e. The Morgan fingerprint density at radius 2 is 1.90 bits per heavy atom. The number of methoxy groups -OCH3 is 2. The number of ether oxygens (including phenoxy) is 2. The van der Waals surface area contributed by atoms with E-state index in [1.54, 1.807) is 14.2 Å². The Labute approximate surface area is 125 Å². The van der Waals surface area contributed by atoms with Crippen LogP contribution < -0.4 is 14.8 Å². The first-order valence-corrected chi connectivity index (χ1v) is 6.96. The molecule has 5 nitrogen and oxygen atoms in total. The van der Waals surface area contributed by atoms with E-state index in [9.17, 15) is 0 Å². The van der Waals surface area contributed by atoms with E-state index in [0.717, 1.165) is 34.1 Å². The number of aromatic nitrogens is 2. The van der Waals surface area contributed by atoms with Crippen molar-refractivity contribution in [3.05, 3.63) is 35.2 Å². The highest BCUT2D eigenvalue weighted by Gasteiger charge is 2.16. The number of aryl methyl sites for hydroxylation is 2. The van der Waals surface area contributed by atoms with Crippen molar-refractivity contribution in [3.8, 4) is 11.5 Å². The zero-order valence-electron chi connectivity index (χ0n) is 13.5. The maximum atomic E-state index is 5.47. The molecule has 5 heteroatoms. The number of nitrogens with one attached hydrogen (secondary N) is 1. The predicted molar refractivity (Wildman–Crippen MR) is 84.3 cm³/mol. The van der Waals surface area contributed by atoms with Crippen molar-refractivity contribution in [1.82, 2.24) is 9.78 Å². The van der Waals surface area contributed by atoms with Crippen LogP contribution in [0.25, 0.3) is 0 Å². The lowest BCUT2D eigenvalue weighted by atomic mass is 10.1. The van der Waals surface area contributed by atoms with Crippen LogP contribution in [0.2, 0.25) is 0 Å². The Hall–Kier alpha value is -2.17. The van der Waals surface area contributed by atoms with E-state index in [-0.39, 0.29) is 6.04 Å². The number of nitrogens with zero attached hydrogens (tertiary/aromatic N) is 2. The van der Waals surface area contributed by atoms with Gasteiger partial charge in [-0.15, -0.1) is 0 Å². The van der Waals surface area contributed by atoms with Gasteiger partial charge < -0.3 is 14.8 Å². The molecule has 1 atom stereocenters. The van der Waals surface area contributed by atoms with Crippen LogP contribution in [0.5, 0.6) is 11.5 Å². The van der Waals surface area contributed by atoms with Gasteiger partial charge in [-0.3, -0.25) is 4.68 Å². The Kier molecular flexibility index (Phi) is 4.40. The van der Waals surface area contributed by atoms with Gasteiger partial charge in [0.1, 0.15) is 11.5 Å². The summed E-state index contributed by atoms with van der Waals surface area (Å²) in [6.07, 6.45) is 0. The minimum absolute atomic E-state index is 0.104. The minimum Gasteiger partial charge on any atom is -0.497 e. The van der Waals surface area contributed by atoms with E-state index in [4.69, 9.17) is 9.47 Å². The summed E-state index contributed by atoms with van der Waals surface area (Å²) in [5.41, 5.74) is 4.27. The van der Waals surface area contributed by atoms with Crippen LogP contribution in [0.4, 0.5) is 5.69 Å². The zero-order chi connectivity index (χ0) is 15.6. The summed E-state index contributed by atoms with van der Waals surface area (Å²) >= 11 is 0. The van der Waals surface area contributed by atoms with E-state index in [1.165, 1.54) is 0 Å². The van der Waals surface area contributed by atoms with Gasteiger partial charge in [-0.05, 0) is 32.9 Å². The molecule has 0 radical (unpaired) electrons. The van der Waals surface area contributed by atoms with Gasteiger partial charge in [0, 0.05) is 18.7 Å². The summed E-state index contributed by atoms with van der Waals surface area (Å²) in [5, 5.41) is 7.95. The zero-order valence-corrected chi connectivity index (χ0v) is 13.5.